The predicted molar refractivity (Wildman–Crippen MR) is 158 cm³/mol. The number of aromatic hydroxyl groups is 1. The van der Waals surface area contributed by atoms with Crippen LogP contribution >= 0.6 is 0 Å². The quantitative estimate of drug-likeness (QED) is 0.236. The zero-order valence-corrected chi connectivity index (χ0v) is 25.9. The summed E-state index contributed by atoms with van der Waals surface area (Å²) in [6, 6.07) is 1.01. The molecule has 1 aromatic rings. The number of hydrogen-bond donors (Lipinski definition) is 6. The van der Waals surface area contributed by atoms with Gasteiger partial charge in [0.2, 0.25) is 5.79 Å². The van der Waals surface area contributed by atoms with Crippen molar-refractivity contribution in [2.75, 3.05) is 46.3 Å². The lowest BCUT2D eigenvalue weighted by Gasteiger charge is -2.46. The van der Waals surface area contributed by atoms with Gasteiger partial charge in [-0.1, -0.05) is 0 Å². The molecule has 2 saturated heterocycles. The molecule has 240 valence electrons. The maximum atomic E-state index is 14.4. The Morgan fingerprint density at radius 2 is 1.80 bits per heavy atom. The molecular formula is C31H42N4O9. The normalized spacial score (nSPS) is 33.4. The van der Waals surface area contributed by atoms with Crippen molar-refractivity contribution in [1.82, 2.24) is 4.90 Å². The minimum atomic E-state index is -2.40. The largest absolute Gasteiger partial charge is 0.510 e. The highest BCUT2D eigenvalue weighted by molar-refractivity contribution is 6.15. The first-order valence-corrected chi connectivity index (χ1v) is 14.8. The van der Waals surface area contributed by atoms with Crippen molar-refractivity contribution in [3.8, 4) is 5.75 Å². The van der Waals surface area contributed by atoms with Crippen molar-refractivity contribution in [1.29, 1.82) is 0 Å². The number of carbonyl (C=O) groups is 2. The first-order valence-electron chi connectivity index (χ1n) is 14.8. The highest BCUT2D eigenvalue weighted by Gasteiger charge is 2.84. The molecular weight excluding hydrogens is 572 g/mol. The van der Waals surface area contributed by atoms with E-state index < -0.39 is 69.4 Å². The van der Waals surface area contributed by atoms with Crippen molar-refractivity contribution in [2.45, 2.75) is 68.3 Å². The van der Waals surface area contributed by atoms with Crippen LogP contribution in [0.2, 0.25) is 0 Å². The number of rotatable bonds is 7. The number of carbonyl (C=O) groups excluding carboxylic acids is 2. The average Bonchev–Trinajstić information content (AvgIpc) is 3.31. The number of epoxide rings is 1. The van der Waals surface area contributed by atoms with Crippen molar-refractivity contribution in [2.24, 2.45) is 23.3 Å². The number of likely N-dealkylation sites (N-methyl/N-ethyl adjacent to an activating group) is 1. The van der Waals surface area contributed by atoms with E-state index >= 15 is 0 Å². The number of aliphatic hydroxyl groups is 3. The zero-order chi connectivity index (χ0) is 32.3. The smallest absolute Gasteiger partial charge is 0.253 e. The van der Waals surface area contributed by atoms with E-state index in [1.54, 1.807) is 19.0 Å². The maximum absolute atomic E-state index is 14.4. The van der Waals surface area contributed by atoms with E-state index in [4.69, 9.17) is 25.7 Å². The second-order valence-electron chi connectivity index (χ2n) is 13.8. The van der Waals surface area contributed by atoms with Crippen LogP contribution in [0.4, 0.5) is 5.69 Å². The molecule has 13 heteroatoms. The number of allylic oxidation sites excluding steroid dienone is 1. The molecule has 44 heavy (non-hydrogen) atoms. The Labute approximate surface area is 255 Å². The standard InChI is InChI=1S/C31H42N4O9/c1-28(33,13-29(2)42-7-8-43-29)12-15-11-18(34(3)4)16-9-14-10-17-22(35(5)6)25(38)21(27(32)40)31(41)30(17,44-31)26(39)19(14)24(37)20(16)23(15)36/h11,14,17,22,36,38-39,41H,7-10,12-13,33H2,1-6H3,(H2,32,40)/t14-,17-,22-,28?,30-,31?/m0/s1. The zero-order valence-electron chi connectivity index (χ0n) is 25.9. The third kappa shape index (κ3) is 4.13. The summed E-state index contributed by atoms with van der Waals surface area (Å²) in [6.07, 6.45) is 1.06. The van der Waals surface area contributed by atoms with Crippen LogP contribution in [0.25, 0.3) is 0 Å². The van der Waals surface area contributed by atoms with E-state index in [-0.39, 0.29) is 29.7 Å². The molecule has 1 aromatic carbocycles. The van der Waals surface area contributed by atoms with Crippen molar-refractivity contribution < 1.29 is 44.2 Å². The Bertz CT molecular complexity index is 1530. The molecule has 2 unspecified atom stereocenters. The average molecular weight is 615 g/mol. The number of anilines is 1. The van der Waals surface area contributed by atoms with E-state index in [0.29, 0.717) is 37.2 Å². The topological polar surface area (TPSA) is 205 Å². The van der Waals surface area contributed by atoms with E-state index in [2.05, 4.69) is 0 Å². The Balaban J connectivity index is 1.46. The molecule has 2 fully saturated rings. The van der Waals surface area contributed by atoms with Gasteiger partial charge in [-0.15, -0.1) is 0 Å². The van der Waals surface area contributed by atoms with Crippen LogP contribution in [0.1, 0.15) is 48.2 Å². The number of ether oxygens (including phenoxy) is 3. The number of hydrogen-bond acceptors (Lipinski definition) is 12. The van der Waals surface area contributed by atoms with E-state index in [1.165, 1.54) is 0 Å². The number of nitrogens with zero attached hydrogens (tertiary/aromatic N) is 2. The summed E-state index contributed by atoms with van der Waals surface area (Å²) in [7, 11) is 7.08. The molecule has 1 amide bonds. The Hall–Kier alpha value is -3.20. The fourth-order valence-corrected chi connectivity index (χ4v) is 8.39. The molecule has 0 bridgehead atoms. The van der Waals surface area contributed by atoms with E-state index in [0.717, 1.165) is 5.69 Å². The van der Waals surface area contributed by atoms with Gasteiger partial charge >= 0.3 is 0 Å². The number of nitrogens with two attached hydrogens (primary N) is 2. The molecule has 5 aliphatic rings. The fourth-order valence-electron chi connectivity index (χ4n) is 8.39. The third-order valence-corrected chi connectivity index (χ3v) is 9.99. The molecule has 2 heterocycles. The van der Waals surface area contributed by atoms with Gasteiger partial charge in [0.05, 0.1) is 24.8 Å². The Morgan fingerprint density at radius 1 is 1.16 bits per heavy atom. The van der Waals surface area contributed by atoms with Crippen molar-refractivity contribution >= 4 is 17.4 Å². The first kappa shape index (κ1) is 30.8. The Kier molecular flexibility index (Phi) is 6.76. The lowest BCUT2D eigenvalue weighted by molar-refractivity contribution is -0.156. The number of ketones is 1. The van der Waals surface area contributed by atoms with E-state index in [9.17, 15) is 30.0 Å². The highest BCUT2D eigenvalue weighted by Crippen LogP contribution is 2.68. The molecule has 6 rings (SSSR count). The monoisotopic (exact) mass is 614 g/mol. The van der Waals surface area contributed by atoms with Gasteiger partial charge in [0.1, 0.15) is 22.8 Å². The molecule has 3 aliphatic carbocycles. The summed E-state index contributed by atoms with van der Waals surface area (Å²) < 4.78 is 17.3. The lowest BCUT2D eigenvalue weighted by atomic mass is 9.60. The van der Waals surface area contributed by atoms with Crippen LogP contribution in [0.3, 0.4) is 0 Å². The van der Waals surface area contributed by atoms with Gasteiger partial charge in [-0.25, -0.2) is 0 Å². The van der Waals surface area contributed by atoms with Crippen LogP contribution in [0.5, 0.6) is 5.75 Å². The number of amides is 1. The van der Waals surface area contributed by atoms with Gasteiger partial charge in [-0.3, -0.25) is 14.5 Å². The number of primary amides is 1. The number of Topliss-reactive ketones (excluding diaryl/α,β-unsaturated/α-hetero) is 1. The van der Waals surface area contributed by atoms with Crippen LogP contribution in [-0.4, -0.2) is 107 Å². The predicted octanol–water partition coefficient (Wildman–Crippen LogP) is 0.757. The first-order chi connectivity index (χ1) is 20.4. The van der Waals surface area contributed by atoms with E-state index in [1.807, 2.05) is 38.9 Å². The summed E-state index contributed by atoms with van der Waals surface area (Å²) in [4.78, 5) is 30.3. The SMILES string of the molecule is CN(C)c1cc(CC(C)(N)CC2(C)OCCO2)c(O)c2c1C[C@H]1C[C@H]3[C@H](N(C)C)C(O)=C(C(N)=O)C4(O)O[C@]34C(O)=C1C2=O. The summed E-state index contributed by atoms with van der Waals surface area (Å²) in [6.45, 7) is 4.58. The van der Waals surface area contributed by atoms with Gasteiger partial charge < -0.3 is 51.0 Å². The summed E-state index contributed by atoms with van der Waals surface area (Å²) in [5.74, 6) is -7.39. The molecule has 8 N–H and O–H groups in total. The van der Waals surface area contributed by atoms with Gasteiger partial charge in [0, 0.05) is 43.2 Å². The minimum absolute atomic E-state index is 0.000300. The van der Waals surface area contributed by atoms with Crippen molar-refractivity contribution in [3.05, 3.63) is 45.4 Å². The van der Waals surface area contributed by atoms with Crippen molar-refractivity contribution in [3.63, 3.8) is 0 Å². The van der Waals surface area contributed by atoms with Gasteiger partial charge in [0.25, 0.3) is 5.91 Å². The second-order valence-corrected chi connectivity index (χ2v) is 13.8. The molecule has 0 aromatic heterocycles. The van der Waals surface area contributed by atoms with Gasteiger partial charge in [-0.2, -0.15) is 0 Å². The number of benzene rings is 1. The molecule has 0 saturated carbocycles. The second kappa shape index (κ2) is 9.65. The third-order valence-electron chi connectivity index (χ3n) is 9.99. The molecule has 13 nitrogen and oxygen atoms in total. The fraction of sp³-hybridized carbons (Fsp3) is 0.613. The molecule has 0 radical (unpaired) electrons. The Morgan fingerprint density at radius 3 is 2.36 bits per heavy atom. The summed E-state index contributed by atoms with van der Waals surface area (Å²) in [5.41, 5.74) is 10.8. The minimum Gasteiger partial charge on any atom is -0.510 e. The van der Waals surface area contributed by atoms with Crippen LogP contribution in [0, 0.1) is 11.8 Å². The number of fused-ring (bicyclic) bond motifs is 2. The van der Waals surface area contributed by atoms with Crippen LogP contribution < -0.4 is 16.4 Å². The maximum Gasteiger partial charge on any atom is 0.253 e. The molecule has 6 atom stereocenters. The lowest BCUT2D eigenvalue weighted by Crippen LogP contribution is -2.57. The highest BCUT2D eigenvalue weighted by atomic mass is 16.8. The number of phenols is 1. The summed E-state index contributed by atoms with van der Waals surface area (Å²) in [5, 5.41) is 46.1. The van der Waals surface area contributed by atoms with Gasteiger partial charge in [-0.05, 0) is 70.3 Å². The number of phenolic OH excluding ortho intramolecular Hbond substituents is 1. The molecule has 1 spiro atoms. The molecule has 2 aliphatic heterocycles. The summed E-state index contributed by atoms with van der Waals surface area (Å²) >= 11 is 0. The van der Waals surface area contributed by atoms with Crippen LogP contribution in [0.15, 0.2) is 28.7 Å². The van der Waals surface area contributed by atoms with Gasteiger partial charge in [0.15, 0.2) is 17.2 Å². The van der Waals surface area contributed by atoms with Crippen LogP contribution in [-0.2, 0) is 31.8 Å². The number of aliphatic hydroxyl groups excluding tert-OH is 2.